The predicted molar refractivity (Wildman–Crippen MR) is 184 cm³/mol. The summed E-state index contributed by atoms with van der Waals surface area (Å²) in [5.74, 6) is -0.0522. The molecule has 8 atom stereocenters. The second-order valence-corrected chi connectivity index (χ2v) is 17.2. The number of ether oxygens (including phenoxy) is 1. The summed E-state index contributed by atoms with van der Waals surface area (Å²) in [4.78, 5) is 32.0. The summed E-state index contributed by atoms with van der Waals surface area (Å²) >= 11 is 2.78. The van der Waals surface area contributed by atoms with Crippen LogP contribution in [-0.4, -0.2) is 39.8 Å². The normalized spacial score (nSPS) is 33.1. The third kappa shape index (κ3) is 6.60. The maximum absolute atomic E-state index is 13.7. The fraction of sp³-hybridized carbons (Fsp3) is 0.579. The van der Waals surface area contributed by atoms with Crippen LogP contribution in [-0.2, 0) is 27.0 Å². The first-order valence-corrected chi connectivity index (χ1v) is 19.1. The number of thioether (sulfide) groups is 1. The van der Waals surface area contributed by atoms with E-state index in [0.29, 0.717) is 19.4 Å². The van der Waals surface area contributed by atoms with E-state index in [9.17, 15) is 27.9 Å². The average Bonchev–Trinajstić information content (AvgIpc) is 3.70. The molecule has 0 amide bonds. The standard InChI is InChI=1S/C38H46F3N2O4S2/c1-6-35(4)19-30(36(5)23(2)11-15-37(24(3)33(35)46)16-12-29(44)32(36)37)47-31(45)22-49-34-42-28(21-48-34)26-13-17-43(18-14-26)20-25-7-9-27(10-8-25)38(39,40)41/h7-10,13-14,17-18,21,23-24,30,32-33,46H,6,11-12,15-16,19-20,22H2,1-5H3/q+1/t23-,24+,30-,32+,33+,35-,36+,37+/m1/s1. The molecule has 3 aromatic rings. The monoisotopic (exact) mass is 715 g/mol. The number of nitrogens with zero attached hydrogens (tertiary/aromatic N) is 2. The molecule has 0 saturated heterocycles. The Kier molecular flexibility index (Phi) is 9.87. The Morgan fingerprint density at radius 2 is 1.82 bits per heavy atom. The number of carbonyl (C=O) groups excluding carboxylic acids is 2. The van der Waals surface area contributed by atoms with Crippen molar-refractivity contribution in [3.8, 4) is 11.3 Å². The number of aliphatic hydroxyl groups is 1. The van der Waals surface area contributed by atoms with Gasteiger partial charge in [0.05, 0.1) is 23.1 Å². The van der Waals surface area contributed by atoms with Gasteiger partial charge in [0.25, 0.3) is 0 Å². The van der Waals surface area contributed by atoms with E-state index < -0.39 is 34.8 Å². The van der Waals surface area contributed by atoms with Crippen molar-refractivity contribution in [2.75, 3.05) is 5.75 Å². The van der Waals surface area contributed by atoms with E-state index >= 15 is 0 Å². The number of benzene rings is 1. The Morgan fingerprint density at radius 1 is 1.12 bits per heavy atom. The first kappa shape index (κ1) is 36.0. The van der Waals surface area contributed by atoms with Gasteiger partial charge in [0.15, 0.2) is 23.3 Å². The fourth-order valence-electron chi connectivity index (χ4n) is 9.22. The Balaban J connectivity index is 1.13. The van der Waals surface area contributed by atoms with Crippen LogP contribution in [0.3, 0.4) is 0 Å². The van der Waals surface area contributed by atoms with Crippen LogP contribution in [0.2, 0.25) is 0 Å². The van der Waals surface area contributed by atoms with Crippen LogP contribution < -0.4 is 4.57 Å². The zero-order chi connectivity index (χ0) is 35.4. The number of aromatic nitrogens is 2. The van der Waals surface area contributed by atoms with Crippen molar-refractivity contribution < 1.29 is 37.2 Å². The predicted octanol–water partition coefficient (Wildman–Crippen LogP) is 8.39. The van der Waals surface area contributed by atoms with Crippen LogP contribution in [0.15, 0.2) is 58.5 Å². The van der Waals surface area contributed by atoms with Crippen LogP contribution in [0.4, 0.5) is 13.2 Å². The number of hydrogen-bond acceptors (Lipinski definition) is 7. The summed E-state index contributed by atoms with van der Waals surface area (Å²) < 4.78 is 47.7. The number of halogens is 3. The van der Waals surface area contributed by atoms with Gasteiger partial charge in [-0.2, -0.15) is 13.2 Å². The lowest BCUT2D eigenvalue weighted by Gasteiger charge is -2.62. The first-order valence-electron chi connectivity index (χ1n) is 17.2. The van der Waals surface area contributed by atoms with Crippen molar-refractivity contribution in [3.05, 3.63) is 65.3 Å². The fourth-order valence-corrected chi connectivity index (χ4v) is 10.8. The van der Waals surface area contributed by atoms with Crippen LogP contribution >= 0.6 is 23.1 Å². The smallest absolute Gasteiger partial charge is 0.416 e. The molecular formula is C38H46F3N2O4S2+. The van der Waals surface area contributed by atoms with E-state index in [-0.39, 0.29) is 40.7 Å². The molecule has 6 rings (SSSR count). The highest BCUT2D eigenvalue weighted by atomic mass is 32.2. The van der Waals surface area contributed by atoms with Crippen molar-refractivity contribution in [3.63, 3.8) is 0 Å². The van der Waals surface area contributed by atoms with Gasteiger partial charge in [0.1, 0.15) is 11.9 Å². The van der Waals surface area contributed by atoms with Gasteiger partial charge in [-0.15, -0.1) is 11.3 Å². The molecule has 2 heterocycles. The SMILES string of the molecule is CC[C@]1(C)C[C@@H](OC(=O)CSc2nc(-c3cc[n+](Cc4ccc(C(F)(F)F)cc4)cc3)cs2)[C@]2(C)[C@H](C)CC[C@]3(CCC(=O)[C@H]32)[C@@H](C)[C@@H]1O. The second-order valence-electron chi connectivity index (χ2n) is 15.1. The summed E-state index contributed by atoms with van der Waals surface area (Å²) in [5, 5.41) is 13.7. The molecule has 3 saturated carbocycles. The molecule has 0 spiro atoms. The molecule has 3 aliphatic rings. The topological polar surface area (TPSA) is 80.4 Å². The molecule has 0 unspecified atom stereocenters. The summed E-state index contributed by atoms with van der Waals surface area (Å²) in [6, 6.07) is 8.98. The molecule has 0 radical (unpaired) electrons. The van der Waals surface area contributed by atoms with E-state index in [1.54, 1.807) is 0 Å². The average molecular weight is 716 g/mol. The van der Waals surface area contributed by atoms with E-state index in [1.165, 1.54) is 35.2 Å². The van der Waals surface area contributed by atoms with E-state index in [0.717, 1.165) is 59.0 Å². The number of pyridine rings is 1. The first-order chi connectivity index (χ1) is 23.1. The summed E-state index contributed by atoms with van der Waals surface area (Å²) in [5.41, 5.74) is 0.515. The molecule has 2 aromatic heterocycles. The Bertz CT molecular complexity index is 1680. The Hall–Kier alpha value is -2.76. The van der Waals surface area contributed by atoms with Gasteiger partial charge in [0.2, 0.25) is 0 Å². The third-order valence-corrected chi connectivity index (χ3v) is 14.6. The summed E-state index contributed by atoms with van der Waals surface area (Å²) in [6.07, 6.45) is 2.73. The highest BCUT2D eigenvalue weighted by Crippen LogP contribution is 2.68. The van der Waals surface area contributed by atoms with Gasteiger partial charge >= 0.3 is 12.1 Å². The van der Waals surface area contributed by atoms with Crippen molar-refractivity contribution in [2.45, 2.75) is 102 Å². The minimum Gasteiger partial charge on any atom is -0.461 e. The largest absolute Gasteiger partial charge is 0.461 e. The number of hydrogen-bond donors (Lipinski definition) is 1. The number of alkyl halides is 3. The van der Waals surface area contributed by atoms with E-state index in [4.69, 9.17) is 9.72 Å². The van der Waals surface area contributed by atoms with Gasteiger partial charge in [-0.1, -0.05) is 58.5 Å². The van der Waals surface area contributed by atoms with Crippen LogP contribution in [0, 0.1) is 34.0 Å². The highest BCUT2D eigenvalue weighted by Gasteiger charge is 2.68. The Morgan fingerprint density at radius 3 is 2.47 bits per heavy atom. The van der Waals surface area contributed by atoms with E-state index in [2.05, 4.69) is 34.6 Å². The number of esters is 1. The molecule has 6 nitrogen and oxygen atoms in total. The Labute approximate surface area is 294 Å². The number of carbonyl (C=O) groups is 2. The van der Waals surface area contributed by atoms with E-state index in [1.807, 2.05) is 34.5 Å². The molecule has 49 heavy (non-hydrogen) atoms. The van der Waals surface area contributed by atoms with Crippen LogP contribution in [0.25, 0.3) is 11.3 Å². The van der Waals surface area contributed by atoms with Gasteiger partial charge < -0.3 is 9.84 Å². The van der Waals surface area contributed by atoms with Crippen molar-refractivity contribution in [1.29, 1.82) is 0 Å². The number of thiazole rings is 1. The third-order valence-electron chi connectivity index (χ3n) is 12.6. The molecule has 0 aliphatic heterocycles. The molecule has 11 heteroatoms. The van der Waals surface area contributed by atoms with Gasteiger partial charge in [-0.05, 0) is 66.9 Å². The number of rotatable bonds is 8. The van der Waals surface area contributed by atoms with Crippen molar-refractivity contribution in [1.82, 2.24) is 4.98 Å². The molecule has 1 aromatic carbocycles. The van der Waals surface area contributed by atoms with Crippen molar-refractivity contribution >= 4 is 34.9 Å². The minimum absolute atomic E-state index is 0.0131. The molecular weight excluding hydrogens is 670 g/mol. The molecule has 1 N–H and O–H groups in total. The van der Waals surface area contributed by atoms with Crippen LogP contribution in [0.5, 0.6) is 0 Å². The molecule has 3 aliphatic carbocycles. The van der Waals surface area contributed by atoms with Gasteiger partial charge in [-0.3, -0.25) is 9.59 Å². The summed E-state index contributed by atoms with van der Waals surface area (Å²) in [6.45, 7) is 11.1. The zero-order valence-corrected chi connectivity index (χ0v) is 30.4. The quantitative estimate of drug-likeness (QED) is 0.143. The lowest BCUT2D eigenvalue weighted by Crippen LogP contribution is -2.63. The maximum Gasteiger partial charge on any atom is 0.416 e. The minimum atomic E-state index is -4.36. The summed E-state index contributed by atoms with van der Waals surface area (Å²) in [7, 11) is 0. The van der Waals surface area contributed by atoms with Crippen LogP contribution in [0.1, 0.15) is 84.3 Å². The molecule has 2 bridgehead atoms. The number of ketones is 1. The number of aliphatic hydroxyl groups excluding tert-OH is 1. The highest BCUT2D eigenvalue weighted by molar-refractivity contribution is 8.01. The van der Waals surface area contributed by atoms with Gasteiger partial charge in [-0.25, -0.2) is 9.55 Å². The lowest BCUT2D eigenvalue weighted by molar-refractivity contribution is -0.688. The molecule has 3 fully saturated rings. The number of Topliss-reactive ketones (excluding diaryl/α,β-unsaturated/α-hetero) is 1. The van der Waals surface area contributed by atoms with Gasteiger partial charge in [0, 0.05) is 46.4 Å². The second kappa shape index (κ2) is 13.4. The molecule has 264 valence electrons. The lowest BCUT2D eigenvalue weighted by atomic mass is 9.43. The van der Waals surface area contributed by atoms with Crippen molar-refractivity contribution in [2.24, 2.45) is 34.0 Å². The maximum atomic E-state index is 13.7. The zero-order valence-electron chi connectivity index (χ0n) is 28.8.